The summed E-state index contributed by atoms with van der Waals surface area (Å²) >= 11 is 0. The second kappa shape index (κ2) is 6.28. The molecule has 0 atom stereocenters. The number of hydrogen-bond donors (Lipinski definition) is 1. The molecule has 0 spiro atoms. The summed E-state index contributed by atoms with van der Waals surface area (Å²) in [5.74, 6) is -0.632. The highest BCUT2D eigenvalue weighted by atomic mass is 19.1. The smallest absolute Gasteiger partial charge is 0.272 e. The van der Waals surface area contributed by atoms with Crippen molar-refractivity contribution in [1.29, 1.82) is 0 Å². The van der Waals surface area contributed by atoms with E-state index in [2.05, 4.69) is 5.32 Å². The number of amides is 1. The molecule has 1 heterocycles. The SMILES string of the molecule is CCn1c(C(=O)Nc2ccc(C(C)=O)cc2)cc2cc(F)ccc21. The van der Waals surface area contributed by atoms with Gasteiger partial charge in [0.2, 0.25) is 0 Å². The fourth-order valence-electron chi connectivity index (χ4n) is 2.75. The Hall–Kier alpha value is -2.95. The quantitative estimate of drug-likeness (QED) is 0.729. The summed E-state index contributed by atoms with van der Waals surface area (Å²) in [6, 6.07) is 12.9. The van der Waals surface area contributed by atoms with Crippen LogP contribution in [0.15, 0.2) is 48.5 Å². The van der Waals surface area contributed by atoms with Gasteiger partial charge in [0.25, 0.3) is 5.91 Å². The zero-order valence-corrected chi connectivity index (χ0v) is 13.5. The van der Waals surface area contributed by atoms with Crippen molar-refractivity contribution in [2.45, 2.75) is 20.4 Å². The summed E-state index contributed by atoms with van der Waals surface area (Å²) < 4.78 is 15.2. The average Bonchev–Trinajstić information content (AvgIpc) is 2.93. The minimum absolute atomic E-state index is 0.0268. The van der Waals surface area contributed by atoms with Crippen molar-refractivity contribution in [3.8, 4) is 0 Å². The summed E-state index contributed by atoms with van der Waals surface area (Å²) in [6.45, 7) is 4.02. The van der Waals surface area contributed by atoms with Crippen LogP contribution in [0.3, 0.4) is 0 Å². The number of rotatable bonds is 4. The summed E-state index contributed by atoms with van der Waals surface area (Å²) in [5.41, 5.74) is 2.47. The number of benzene rings is 2. The first-order valence-corrected chi connectivity index (χ1v) is 7.70. The standard InChI is InChI=1S/C19H17FN2O2/c1-3-22-17-9-6-15(20)10-14(17)11-18(22)19(24)21-16-7-4-13(5-8-16)12(2)23/h4-11H,3H2,1-2H3,(H,21,24). The molecule has 3 aromatic rings. The lowest BCUT2D eigenvalue weighted by molar-refractivity contribution is 0.101. The van der Waals surface area contributed by atoms with Gasteiger partial charge in [0.05, 0.1) is 0 Å². The van der Waals surface area contributed by atoms with Crippen LogP contribution in [-0.2, 0) is 6.54 Å². The molecule has 1 N–H and O–H groups in total. The van der Waals surface area contributed by atoms with Crippen LogP contribution in [0.2, 0.25) is 0 Å². The first-order chi connectivity index (χ1) is 11.5. The highest BCUT2D eigenvalue weighted by Gasteiger charge is 2.15. The fourth-order valence-corrected chi connectivity index (χ4v) is 2.75. The lowest BCUT2D eigenvalue weighted by Crippen LogP contribution is -2.16. The summed E-state index contributed by atoms with van der Waals surface area (Å²) in [7, 11) is 0. The maximum absolute atomic E-state index is 13.4. The second-order valence-corrected chi connectivity index (χ2v) is 5.56. The van der Waals surface area contributed by atoms with Gasteiger partial charge in [-0.15, -0.1) is 0 Å². The number of nitrogens with zero attached hydrogens (tertiary/aromatic N) is 1. The van der Waals surface area contributed by atoms with E-state index in [9.17, 15) is 14.0 Å². The van der Waals surface area contributed by atoms with E-state index in [1.165, 1.54) is 19.1 Å². The number of hydrogen-bond acceptors (Lipinski definition) is 2. The molecule has 0 bridgehead atoms. The van der Waals surface area contributed by atoms with Crippen molar-refractivity contribution in [3.05, 3.63) is 65.6 Å². The van der Waals surface area contributed by atoms with Crippen molar-refractivity contribution in [3.63, 3.8) is 0 Å². The summed E-state index contributed by atoms with van der Waals surface area (Å²) in [5, 5.41) is 3.50. The molecule has 0 aliphatic carbocycles. The number of aromatic nitrogens is 1. The summed E-state index contributed by atoms with van der Waals surface area (Å²) in [6.07, 6.45) is 0. The Kier molecular flexibility index (Phi) is 4.16. The van der Waals surface area contributed by atoms with Gasteiger partial charge in [0.15, 0.2) is 5.78 Å². The third-order valence-corrected chi connectivity index (χ3v) is 3.96. The molecule has 5 heteroatoms. The molecule has 0 saturated carbocycles. The predicted octanol–water partition coefficient (Wildman–Crippen LogP) is 4.26. The van der Waals surface area contributed by atoms with Crippen LogP contribution in [-0.4, -0.2) is 16.3 Å². The third-order valence-electron chi connectivity index (χ3n) is 3.96. The van der Waals surface area contributed by atoms with E-state index >= 15 is 0 Å². The van der Waals surface area contributed by atoms with Gasteiger partial charge in [-0.25, -0.2) is 4.39 Å². The molecule has 4 nitrogen and oxygen atoms in total. The number of carbonyl (C=O) groups excluding carboxylic acids is 2. The Bertz CT molecular complexity index is 926. The van der Waals surface area contributed by atoms with Crippen LogP contribution < -0.4 is 5.32 Å². The monoisotopic (exact) mass is 324 g/mol. The zero-order chi connectivity index (χ0) is 17.3. The number of aryl methyl sites for hydroxylation is 1. The number of ketones is 1. The molecule has 0 radical (unpaired) electrons. The van der Waals surface area contributed by atoms with E-state index in [1.54, 1.807) is 36.4 Å². The largest absolute Gasteiger partial charge is 0.337 e. The van der Waals surface area contributed by atoms with Crippen LogP contribution in [0.1, 0.15) is 34.7 Å². The van der Waals surface area contributed by atoms with Gasteiger partial charge in [-0.1, -0.05) is 0 Å². The second-order valence-electron chi connectivity index (χ2n) is 5.56. The maximum Gasteiger partial charge on any atom is 0.272 e. The van der Waals surface area contributed by atoms with Crippen molar-refractivity contribution < 1.29 is 14.0 Å². The minimum atomic E-state index is -0.331. The summed E-state index contributed by atoms with van der Waals surface area (Å²) in [4.78, 5) is 23.9. The molecule has 24 heavy (non-hydrogen) atoms. The van der Waals surface area contributed by atoms with Gasteiger partial charge in [-0.3, -0.25) is 9.59 Å². The van der Waals surface area contributed by atoms with E-state index in [0.717, 1.165) is 5.52 Å². The number of Topliss-reactive ketones (excluding diaryl/α,β-unsaturated/α-hetero) is 1. The molecule has 122 valence electrons. The first-order valence-electron chi connectivity index (χ1n) is 7.70. The molecular formula is C19H17FN2O2. The lowest BCUT2D eigenvalue weighted by atomic mass is 10.1. The van der Waals surface area contributed by atoms with Crippen molar-refractivity contribution in [1.82, 2.24) is 4.57 Å². The molecule has 0 saturated heterocycles. The Labute approximate surface area is 138 Å². The Balaban J connectivity index is 1.92. The van der Waals surface area contributed by atoms with E-state index in [0.29, 0.717) is 28.9 Å². The van der Waals surface area contributed by atoms with Crippen LogP contribution in [0.5, 0.6) is 0 Å². The number of fused-ring (bicyclic) bond motifs is 1. The van der Waals surface area contributed by atoms with Gasteiger partial charge in [-0.2, -0.15) is 0 Å². The Morgan fingerprint density at radius 1 is 1.08 bits per heavy atom. The lowest BCUT2D eigenvalue weighted by Gasteiger charge is -2.09. The van der Waals surface area contributed by atoms with E-state index in [1.807, 2.05) is 11.5 Å². The highest BCUT2D eigenvalue weighted by molar-refractivity contribution is 6.06. The maximum atomic E-state index is 13.4. The molecule has 3 rings (SSSR count). The van der Waals surface area contributed by atoms with Crippen molar-refractivity contribution in [2.75, 3.05) is 5.32 Å². The van der Waals surface area contributed by atoms with Gasteiger partial charge in [0.1, 0.15) is 11.5 Å². The van der Waals surface area contributed by atoms with Crippen LogP contribution >= 0.6 is 0 Å². The predicted molar refractivity (Wildman–Crippen MR) is 92.0 cm³/mol. The number of anilines is 1. The molecule has 1 amide bonds. The topological polar surface area (TPSA) is 51.1 Å². The molecule has 0 aliphatic heterocycles. The van der Waals surface area contributed by atoms with Gasteiger partial charge >= 0.3 is 0 Å². The zero-order valence-electron chi connectivity index (χ0n) is 13.5. The third kappa shape index (κ3) is 2.93. The van der Waals surface area contributed by atoms with E-state index in [4.69, 9.17) is 0 Å². The van der Waals surface area contributed by atoms with Gasteiger partial charge in [0, 0.05) is 28.7 Å². The van der Waals surface area contributed by atoms with Crippen molar-refractivity contribution in [2.24, 2.45) is 0 Å². The Morgan fingerprint density at radius 2 is 1.79 bits per heavy atom. The van der Waals surface area contributed by atoms with Gasteiger partial charge in [-0.05, 0) is 62.4 Å². The van der Waals surface area contributed by atoms with Crippen LogP contribution in [0.4, 0.5) is 10.1 Å². The molecule has 0 aliphatic rings. The number of nitrogens with one attached hydrogen (secondary N) is 1. The fraction of sp³-hybridized carbons (Fsp3) is 0.158. The van der Waals surface area contributed by atoms with Crippen LogP contribution in [0, 0.1) is 5.82 Å². The van der Waals surface area contributed by atoms with E-state index < -0.39 is 0 Å². The number of halogens is 1. The van der Waals surface area contributed by atoms with Crippen LogP contribution in [0.25, 0.3) is 10.9 Å². The highest BCUT2D eigenvalue weighted by Crippen LogP contribution is 2.22. The normalized spacial score (nSPS) is 10.8. The molecular weight excluding hydrogens is 307 g/mol. The minimum Gasteiger partial charge on any atom is -0.337 e. The Morgan fingerprint density at radius 3 is 2.42 bits per heavy atom. The molecule has 0 unspecified atom stereocenters. The molecule has 2 aromatic carbocycles. The van der Waals surface area contributed by atoms with E-state index in [-0.39, 0.29) is 17.5 Å². The molecule has 1 aromatic heterocycles. The molecule has 0 fully saturated rings. The average molecular weight is 324 g/mol. The van der Waals surface area contributed by atoms with Gasteiger partial charge < -0.3 is 9.88 Å². The number of carbonyl (C=O) groups is 2. The van der Waals surface area contributed by atoms with Crippen molar-refractivity contribution >= 4 is 28.3 Å². The first kappa shape index (κ1) is 15.9.